The molecule has 1 aromatic rings. The molecule has 222 valence electrons. The Morgan fingerprint density at radius 3 is 2.05 bits per heavy atom. The Balaban J connectivity index is 1.64. The summed E-state index contributed by atoms with van der Waals surface area (Å²) in [6, 6.07) is -1.62. The van der Waals surface area contributed by atoms with Crippen LogP contribution in [-0.4, -0.2) is 65.7 Å². The lowest BCUT2D eigenvalue weighted by molar-refractivity contribution is -0.161. The number of esters is 1. The van der Waals surface area contributed by atoms with Gasteiger partial charge in [-0.05, 0) is 33.6 Å². The SMILES string of the molecule is CC(C)(C)OC(=O)C[C@H](NC(=O)C1CCN(C(=O)C2CC(F)(F)C2)CC1)C(=O)COc1c(F)c(F)cc(F)c1F. The molecule has 3 rings (SSSR count). The van der Waals surface area contributed by atoms with Gasteiger partial charge >= 0.3 is 5.97 Å². The maximum Gasteiger partial charge on any atom is 0.308 e. The lowest BCUT2D eigenvalue weighted by Crippen LogP contribution is -2.52. The first-order valence-electron chi connectivity index (χ1n) is 12.6. The van der Waals surface area contributed by atoms with Gasteiger partial charge in [-0.1, -0.05) is 0 Å². The Labute approximate surface area is 226 Å². The van der Waals surface area contributed by atoms with Gasteiger partial charge in [-0.2, -0.15) is 8.78 Å². The molecule has 0 unspecified atom stereocenters. The van der Waals surface area contributed by atoms with Gasteiger partial charge in [-0.15, -0.1) is 0 Å². The predicted octanol–water partition coefficient (Wildman–Crippen LogP) is 3.69. The molecule has 1 saturated heterocycles. The van der Waals surface area contributed by atoms with Crippen molar-refractivity contribution in [2.75, 3.05) is 19.7 Å². The molecule has 2 amide bonds. The molecule has 0 aromatic heterocycles. The molecule has 2 aliphatic rings. The number of ether oxygens (including phenoxy) is 2. The molecule has 1 N–H and O–H groups in total. The molecule has 1 atom stereocenters. The third-order valence-electron chi connectivity index (χ3n) is 6.54. The Kier molecular flexibility index (Phi) is 9.40. The van der Waals surface area contributed by atoms with Crippen LogP contribution in [0, 0.1) is 35.1 Å². The van der Waals surface area contributed by atoms with Crippen molar-refractivity contribution in [2.24, 2.45) is 11.8 Å². The minimum atomic E-state index is -2.85. The van der Waals surface area contributed by atoms with E-state index in [-0.39, 0.29) is 32.0 Å². The van der Waals surface area contributed by atoms with E-state index in [1.807, 2.05) is 0 Å². The molecule has 0 radical (unpaired) electrons. The van der Waals surface area contributed by atoms with Crippen LogP contribution in [0.5, 0.6) is 5.75 Å². The summed E-state index contributed by atoms with van der Waals surface area (Å²) >= 11 is 0. The number of ketones is 1. The highest BCUT2D eigenvalue weighted by Crippen LogP contribution is 2.43. The summed E-state index contributed by atoms with van der Waals surface area (Å²) in [6.45, 7) is 3.78. The zero-order valence-corrected chi connectivity index (χ0v) is 22.1. The van der Waals surface area contributed by atoms with Crippen LogP contribution in [0.25, 0.3) is 0 Å². The Hall–Kier alpha value is -3.32. The molecule has 2 fully saturated rings. The van der Waals surface area contributed by atoms with Crippen LogP contribution in [0.15, 0.2) is 6.07 Å². The molecule has 0 spiro atoms. The highest BCUT2D eigenvalue weighted by atomic mass is 19.3. The van der Waals surface area contributed by atoms with Crippen LogP contribution in [0.3, 0.4) is 0 Å². The van der Waals surface area contributed by atoms with Crippen LogP contribution in [-0.2, 0) is 23.9 Å². The standard InChI is InChI=1S/C26H30F6N2O6/c1-25(2,3)40-19(36)9-17(18(35)12-39-22-20(29)15(27)8-16(28)21(22)30)33-23(37)13-4-6-34(7-5-13)24(38)14-10-26(31,32)11-14/h8,13-14,17H,4-7,9-12H2,1-3H3,(H,33,37)/t17-/m0/s1. The fourth-order valence-corrected chi connectivity index (χ4v) is 4.46. The summed E-state index contributed by atoms with van der Waals surface area (Å²) in [5.74, 6) is -16.0. The van der Waals surface area contributed by atoms with Crippen molar-refractivity contribution in [2.45, 2.75) is 70.4 Å². The highest BCUT2D eigenvalue weighted by Gasteiger charge is 2.50. The number of amides is 2. The third kappa shape index (κ3) is 7.87. The number of Topliss-reactive ketones (excluding diaryl/α,β-unsaturated/α-hetero) is 1. The molecule has 14 heteroatoms. The topological polar surface area (TPSA) is 102 Å². The molecule has 1 heterocycles. The van der Waals surface area contributed by atoms with Crippen LogP contribution in [0.4, 0.5) is 26.3 Å². The van der Waals surface area contributed by atoms with Gasteiger partial charge in [-0.3, -0.25) is 19.2 Å². The van der Waals surface area contributed by atoms with Crippen molar-refractivity contribution in [3.05, 3.63) is 29.3 Å². The third-order valence-corrected chi connectivity index (χ3v) is 6.54. The summed E-state index contributed by atoms with van der Waals surface area (Å²) in [5.41, 5.74) is -0.944. The van der Waals surface area contributed by atoms with Gasteiger partial charge in [0.15, 0.2) is 23.2 Å². The van der Waals surface area contributed by atoms with Gasteiger partial charge in [0.05, 0.1) is 6.42 Å². The van der Waals surface area contributed by atoms with Crippen molar-refractivity contribution in [3.63, 3.8) is 0 Å². The fourth-order valence-electron chi connectivity index (χ4n) is 4.46. The molecule has 1 aliphatic carbocycles. The summed E-state index contributed by atoms with van der Waals surface area (Å²) in [7, 11) is 0. The minimum Gasteiger partial charge on any atom is -0.479 e. The molecular weight excluding hydrogens is 550 g/mol. The first kappa shape index (κ1) is 31.2. The predicted molar refractivity (Wildman–Crippen MR) is 126 cm³/mol. The lowest BCUT2D eigenvalue weighted by atomic mass is 9.80. The summed E-state index contributed by atoms with van der Waals surface area (Å²) < 4.78 is 90.9. The number of nitrogens with one attached hydrogen (secondary N) is 1. The van der Waals surface area contributed by atoms with Crippen molar-refractivity contribution >= 4 is 23.6 Å². The zero-order valence-electron chi connectivity index (χ0n) is 22.1. The van der Waals surface area contributed by atoms with E-state index in [4.69, 9.17) is 9.47 Å². The zero-order chi connectivity index (χ0) is 30.0. The van der Waals surface area contributed by atoms with Gasteiger partial charge < -0.3 is 19.7 Å². The fraction of sp³-hybridized carbons (Fsp3) is 0.615. The second-order valence-corrected chi connectivity index (χ2v) is 11.0. The number of halogens is 6. The summed E-state index contributed by atoms with van der Waals surface area (Å²) in [6.07, 6.45) is -1.40. The largest absolute Gasteiger partial charge is 0.479 e. The highest BCUT2D eigenvalue weighted by molar-refractivity contribution is 5.93. The first-order chi connectivity index (χ1) is 18.5. The Morgan fingerprint density at radius 1 is 1.00 bits per heavy atom. The number of benzene rings is 1. The summed E-state index contributed by atoms with van der Waals surface area (Å²) in [4.78, 5) is 52.0. The van der Waals surface area contributed by atoms with Gasteiger partial charge in [0.1, 0.15) is 18.2 Å². The number of piperidine rings is 1. The van der Waals surface area contributed by atoms with E-state index in [0.717, 1.165) is 0 Å². The Bertz CT molecular complexity index is 1130. The van der Waals surface area contributed by atoms with E-state index in [9.17, 15) is 45.5 Å². The molecule has 1 aromatic carbocycles. The van der Waals surface area contributed by atoms with E-state index in [2.05, 4.69) is 5.32 Å². The molecule has 0 bridgehead atoms. The van der Waals surface area contributed by atoms with Gasteiger partial charge in [0.25, 0.3) is 0 Å². The second-order valence-electron chi connectivity index (χ2n) is 11.0. The van der Waals surface area contributed by atoms with E-state index in [1.165, 1.54) is 4.90 Å². The number of hydrogen-bond acceptors (Lipinski definition) is 6. The quantitative estimate of drug-likeness (QED) is 0.272. The maximum absolute atomic E-state index is 13.9. The maximum atomic E-state index is 13.9. The van der Waals surface area contributed by atoms with Crippen molar-refractivity contribution in [3.8, 4) is 5.75 Å². The van der Waals surface area contributed by atoms with E-state index in [1.54, 1.807) is 20.8 Å². The number of alkyl halides is 2. The van der Waals surface area contributed by atoms with Crippen LogP contribution in [0.2, 0.25) is 0 Å². The molecule has 40 heavy (non-hydrogen) atoms. The number of carbonyl (C=O) groups excluding carboxylic acids is 4. The van der Waals surface area contributed by atoms with E-state index >= 15 is 0 Å². The Morgan fingerprint density at radius 2 is 1.55 bits per heavy atom. The number of hydrogen-bond donors (Lipinski definition) is 1. The van der Waals surface area contributed by atoms with Crippen LogP contribution in [0.1, 0.15) is 52.9 Å². The van der Waals surface area contributed by atoms with Gasteiger partial charge in [0.2, 0.25) is 29.4 Å². The monoisotopic (exact) mass is 580 g/mol. The number of likely N-dealkylation sites (tertiary alicyclic amines) is 1. The average molecular weight is 581 g/mol. The number of nitrogens with zero attached hydrogens (tertiary/aromatic N) is 1. The number of rotatable bonds is 9. The average Bonchev–Trinajstić information content (AvgIpc) is 2.84. The smallest absolute Gasteiger partial charge is 0.308 e. The van der Waals surface area contributed by atoms with Gasteiger partial charge in [-0.25, -0.2) is 17.6 Å². The molecular formula is C26H30F6N2O6. The van der Waals surface area contributed by atoms with Crippen LogP contribution < -0.4 is 10.1 Å². The van der Waals surface area contributed by atoms with Crippen LogP contribution >= 0.6 is 0 Å². The van der Waals surface area contributed by atoms with E-state index in [0.29, 0.717) is 0 Å². The van der Waals surface area contributed by atoms with Crippen molar-refractivity contribution in [1.82, 2.24) is 10.2 Å². The second kappa shape index (κ2) is 12.0. The molecule has 8 nitrogen and oxygen atoms in total. The van der Waals surface area contributed by atoms with Crippen molar-refractivity contribution in [1.29, 1.82) is 0 Å². The summed E-state index contributed by atoms with van der Waals surface area (Å²) in [5, 5.41) is 2.38. The van der Waals surface area contributed by atoms with Gasteiger partial charge in [0, 0.05) is 43.8 Å². The number of carbonyl (C=O) groups is 4. The molecule has 1 aliphatic heterocycles. The normalized spacial score (nSPS) is 18.5. The first-order valence-corrected chi connectivity index (χ1v) is 12.6. The van der Waals surface area contributed by atoms with E-state index < -0.39 is 108 Å². The van der Waals surface area contributed by atoms with Crippen molar-refractivity contribution < 1.29 is 55.0 Å². The molecule has 1 saturated carbocycles. The lowest BCUT2D eigenvalue weighted by Gasteiger charge is -2.39. The minimum absolute atomic E-state index is 0.0365.